The van der Waals surface area contributed by atoms with E-state index in [0.29, 0.717) is 12.1 Å². The van der Waals surface area contributed by atoms with Crippen LogP contribution in [-0.2, 0) is 28.9 Å². The van der Waals surface area contributed by atoms with Crippen LogP contribution in [0.25, 0.3) is 0 Å². The molecule has 2 amide bonds. The molecule has 0 aliphatic carbocycles. The molecule has 1 unspecified atom stereocenters. The number of aromatic nitrogens is 1. The number of aryl methyl sites for hydroxylation is 1. The van der Waals surface area contributed by atoms with Gasteiger partial charge in [-0.1, -0.05) is 12.1 Å². The number of likely N-dealkylation sites (tertiary alicyclic amines) is 1. The Labute approximate surface area is 158 Å². The summed E-state index contributed by atoms with van der Waals surface area (Å²) in [5, 5.41) is 5.53. The van der Waals surface area contributed by atoms with Crippen LogP contribution in [0.15, 0.2) is 29.6 Å². The number of rotatable bonds is 5. The molecule has 0 bridgehead atoms. The molecule has 0 radical (unpaired) electrons. The van der Waals surface area contributed by atoms with Gasteiger partial charge in [0.05, 0.1) is 28.7 Å². The predicted octanol–water partition coefficient (Wildman–Crippen LogP) is 3.14. The van der Waals surface area contributed by atoms with Crippen molar-refractivity contribution in [2.45, 2.75) is 32.6 Å². The maximum Gasteiger partial charge on any atom is 0.416 e. The Morgan fingerprint density at radius 1 is 1.41 bits per heavy atom. The van der Waals surface area contributed by atoms with Crippen molar-refractivity contribution in [3.8, 4) is 0 Å². The molecule has 1 aromatic carbocycles. The van der Waals surface area contributed by atoms with Gasteiger partial charge in [0, 0.05) is 24.9 Å². The fourth-order valence-corrected chi connectivity index (χ4v) is 3.59. The summed E-state index contributed by atoms with van der Waals surface area (Å²) in [6, 6.07) is 4.89. The molecule has 1 aliphatic rings. The highest BCUT2D eigenvalue weighted by Crippen LogP contribution is 2.30. The number of carbonyl (C=O) groups is 2. The minimum Gasteiger partial charge on any atom is -0.350 e. The number of benzene rings is 1. The van der Waals surface area contributed by atoms with Crippen LogP contribution in [0, 0.1) is 12.8 Å². The normalized spacial score (nSPS) is 17.4. The van der Waals surface area contributed by atoms with Crippen LogP contribution in [0.5, 0.6) is 0 Å². The summed E-state index contributed by atoms with van der Waals surface area (Å²) in [6.45, 7) is 2.41. The van der Waals surface area contributed by atoms with Crippen LogP contribution in [0.4, 0.5) is 13.2 Å². The second kappa shape index (κ2) is 7.67. The molecule has 27 heavy (non-hydrogen) atoms. The van der Waals surface area contributed by atoms with E-state index in [1.807, 2.05) is 12.3 Å². The zero-order valence-electron chi connectivity index (χ0n) is 14.5. The smallest absolute Gasteiger partial charge is 0.350 e. The molecule has 1 saturated heterocycles. The summed E-state index contributed by atoms with van der Waals surface area (Å²) in [7, 11) is 0. The lowest BCUT2D eigenvalue weighted by atomic mass is 10.1. The number of alkyl halides is 3. The monoisotopic (exact) mass is 397 g/mol. The summed E-state index contributed by atoms with van der Waals surface area (Å²) in [5.41, 5.74) is 0.396. The summed E-state index contributed by atoms with van der Waals surface area (Å²) in [6.07, 6.45) is -4.37. The molecule has 9 heteroatoms. The summed E-state index contributed by atoms with van der Waals surface area (Å²) in [5.74, 6) is -0.999. The van der Waals surface area contributed by atoms with Crippen LogP contribution < -0.4 is 5.32 Å². The lowest BCUT2D eigenvalue weighted by Crippen LogP contribution is -2.32. The van der Waals surface area contributed by atoms with E-state index in [1.165, 1.54) is 22.3 Å². The Kier molecular flexibility index (Phi) is 5.50. The van der Waals surface area contributed by atoms with E-state index in [2.05, 4.69) is 10.3 Å². The first kappa shape index (κ1) is 19.3. The van der Waals surface area contributed by atoms with Gasteiger partial charge in [-0.05, 0) is 24.6 Å². The van der Waals surface area contributed by atoms with E-state index < -0.39 is 17.7 Å². The summed E-state index contributed by atoms with van der Waals surface area (Å²) in [4.78, 5) is 30.1. The first-order valence-electron chi connectivity index (χ1n) is 8.35. The first-order valence-corrected chi connectivity index (χ1v) is 9.23. The molecular weight excluding hydrogens is 379 g/mol. The van der Waals surface area contributed by atoms with Gasteiger partial charge >= 0.3 is 6.18 Å². The molecule has 3 rings (SSSR count). The quantitative estimate of drug-likeness (QED) is 0.843. The Morgan fingerprint density at radius 3 is 2.85 bits per heavy atom. The number of nitrogens with one attached hydrogen (secondary N) is 1. The van der Waals surface area contributed by atoms with Crippen molar-refractivity contribution in [2.24, 2.45) is 5.92 Å². The van der Waals surface area contributed by atoms with Crippen molar-refractivity contribution in [3.63, 3.8) is 0 Å². The fourth-order valence-electron chi connectivity index (χ4n) is 2.98. The number of thiazole rings is 1. The number of carbonyl (C=O) groups excluding carboxylic acids is 2. The van der Waals surface area contributed by atoms with Crippen LogP contribution in [0.2, 0.25) is 0 Å². The molecule has 2 aromatic rings. The molecule has 1 aromatic heterocycles. The van der Waals surface area contributed by atoms with Gasteiger partial charge in [-0.2, -0.15) is 13.2 Å². The van der Waals surface area contributed by atoms with Crippen molar-refractivity contribution in [3.05, 3.63) is 51.5 Å². The van der Waals surface area contributed by atoms with E-state index in [-0.39, 0.29) is 31.3 Å². The second-order valence-corrected chi connectivity index (χ2v) is 7.51. The fraction of sp³-hybridized carbons (Fsp3) is 0.389. The van der Waals surface area contributed by atoms with Crippen molar-refractivity contribution in [2.75, 3.05) is 6.54 Å². The van der Waals surface area contributed by atoms with Gasteiger partial charge in [0.25, 0.3) is 0 Å². The molecule has 1 aliphatic heterocycles. The van der Waals surface area contributed by atoms with E-state index >= 15 is 0 Å². The van der Waals surface area contributed by atoms with E-state index in [0.717, 1.165) is 22.8 Å². The number of hydrogen-bond donors (Lipinski definition) is 1. The highest BCUT2D eigenvalue weighted by atomic mass is 32.1. The lowest BCUT2D eigenvalue weighted by Gasteiger charge is -2.17. The Bertz CT molecular complexity index is 850. The zero-order valence-corrected chi connectivity index (χ0v) is 15.4. The maximum atomic E-state index is 12.8. The molecule has 1 fully saturated rings. The molecule has 0 saturated carbocycles. The highest BCUT2D eigenvalue weighted by molar-refractivity contribution is 7.09. The molecule has 5 nitrogen and oxygen atoms in total. The van der Waals surface area contributed by atoms with Gasteiger partial charge in [0.15, 0.2) is 0 Å². The average molecular weight is 397 g/mol. The summed E-state index contributed by atoms with van der Waals surface area (Å²) >= 11 is 1.49. The molecular formula is C18H18F3N3O2S. The van der Waals surface area contributed by atoms with Crippen molar-refractivity contribution in [1.82, 2.24) is 15.2 Å². The van der Waals surface area contributed by atoms with Gasteiger partial charge in [-0.25, -0.2) is 4.98 Å². The lowest BCUT2D eigenvalue weighted by molar-refractivity contribution is -0.137. The largest absolute Gasteiger partial charge is 0.416 e. The first-order chi connectivity index (χ1) is 12.7. The van der Waals surface area contributed by atoms with Crippen LogP contribution >= 0.6 is 11.3 Å². The van der Waals surface area contributed by atoms with Gasteiger partial charge in [-0.15, -0.1) is 11.3 Å². The Morgan fingerprint density at radius 2 is 2.19 bits per heavy atom. The van der Waals surface area contributed by atoms with Crippen molar-refractivity contribution >= 4 is 23.2 Å². The third-order valence-electron chi connectivity index (χ3n) is 4.32. The number of nitrogens with zero attached hydrogens (tertiary/aromatic N) is 2. The molecule has 2 heterocycles. The van der Waals surface area contributed by atoms with E-state index in [4.69, 9.17) is 0 Å². The van der Waals surface area contributed by atoms with E-state index in [9.17, 15) is 22.8 Å². The maximum absolute atomic E-state index is 12.8. The van der Waals surface area contributed by atoms with Crippen LogP contribution in [-0.4, -0.2) is 28.2 Å². The van der Waals surface area contributed by atoms with Crippen molar-refractivity contribution in [1.29, 1.82) is 0 Å². The highest BCUT2D eigenvalue weighted by Gasteiger charge is 2.35. The van der Waals surface area contributed by atoms with Crippen LogP contribution in [0.3, 0.4) is 0 Å². The molecule has 1 N–H and O–H groups in total. The minimum absolute atomic E-state index is 0.0534. The van der Waals surface area contributed by atoms with Gasteiger partial charge in [-0.3, -0.25) is 9.59 Å². The molecule has 144 valence electrons. The van der Waals surface area contributed by atoms with Crippen molar-refractivity contribution < 1.29 is 22.8 Å². The number of halogens is 3. The molecule has 1 atom stereocenters. The third-order valence-corrected chi connectivity index (χ3v) is 5.15. The zero-order chi connectivity index (χ0) is 19.6. The minimum atomic E-state index is -4.43. The SMILES string of the molecule is Cc1nc(CNC(=O)C2CC(=O)N(Cc3cccc(C(F)(F)F)c3)C2)cs1. The third kappa shape index (κ3) is 4.85. The topological polar surface area (TPSA) is 62.3 Å². The Balaban J connectivity index is 1.58. The molecule has 0 spiro atoms. The number of amides is 2. The standard InChI is InChI=1S/C18H18F3N3O2S/c1-11-23-15(10-27-11)7-22-17(26)13-6-16(25)24(9-13)8-12-3-2-4-14(5-12)18(19,20)21/h2-5,10,13H,6-9H2,1H3,(H,22,26). The average Bonchev–Trinajstić information content (AvgIpc) is 3.18. The van der Waals surface area contributed by atoms with Gasteiger partial charge < -0.3 is 10.2 Å². The van der Waals surface area contributed by atoms with Gasteiger partial charge in [0.2, 0.25) is 11.8 Å². The van der Waals surface area contributed by atoms with E-state index in [1.54, 1.807) is 6.07 Å². The Hall–Kier alpha value is -2.42. The summed E-state index contributed by atoms with van der Waals surface area (Å²) < 4.78 is 38.4. The van der Waals surface area contributed by atoms with Crippen LogP contribution in [0.1, 0.15) is 28.2 Å². The second-order valence-electron chi connectivity index (χ2n) is 6.45. The van der Waals surface area contributed by atoms with Gasteiger partial charge in [0.1, 0.15) is 0 Å². The number of hydrogen-bond acceptors (Lipinski definition) is 4. The predicted molar refractivity (Wildman–Crippen MR) is 93.7 cm³/mol.